The molecule has 0 radical (unpaired) electrons. The number of aryl methyl sites for hydroxylation is 3. The van der Waals surface area contributed by atoms with Crippen molar-refractivity contribution in [2.24, 2.45) is 0 Å². The Bertz CT molecular complexity index is 1240. The van der Waals surface area contributed by atoms with E-state index in [1.54, 1.807) is 18.4 Å². The van der Waals surface area contributed by atoms with Crippen LogP contribution in [0, 0.1) is 6.92 Å². The van der Waals surface area contributed by atoms with Gasteiger partial charge in [0.2, 0.25) is 5.88 Å². The molecule has 0 spiro atoms. The van der Waals surface area contributed by atoms with E-state index in [1.807, 2.05) is 36.4 Å². The second-order valence-electron chi connectivity index (χ2n) is 7.30. The highest BCUT2D eigenvalue weighted by Gasteiger charge is 2.13. The first-order chi connectivity index (χ1) is 15.5. The van der Waals surface area contributed by atoms with E-state index in [0.29, 0.717) is 29.4 Å². The molecule has 0 amide bonds. The van der Waals surface area contributed by atoms with E-state index >= 15 is 0 Å². The second-order valence-corrected chi connectivity index (χ2v) is 9.57. The lowest BCUT2D eigenvalue weighted by Crippen LogP contribution is -2.00. The number of aromatic amines is 1. The monoisotopic (exact) mass is 468 g/mol. The highest BCUT2D eigenvalue weighted by molar-refractivity contribution is 7.15. The lowest BCUT2D eigenvalue weighted by Gasteiger charge is -2.12. The first kappa shape index (κ1) is 22.1. The molecule has 0 aliphatic heterocycles. The van der Waals surface area contributed by atoms with Gasteiger partial charge in [-0.15, -0.1) is 11.3 Å². The summed E-state index contributed by atoms with van der Waals surface area (Å²) in [7, 11) is 1.63. The summed E-state index contributed by atoms with van der Waals surface area (Å²) in [6, 6.07) is 16.0. The molecule has 166 valence electrons. The first-order valence-corrected chi connectivity index (χ1v) is 11.9. The van der Waals surface area contributed by atoms with Crippen molar-refractivity contribution in [3.05, 3.63) is 79.2 Å². The first-order valence-electron chi connectivity index (χ1n) is 10.3. The molecule has 4 rings (SSSR count). The number of ether oxygens (including phenoxy) is 2. The molecule has 8 heteroatoms. The maximum Gasteiger partial charge on any atom is 0.307 e. The Hall–Kier alpha value is -3.10. The van der Waals surface area contributed by atoms with Crippen LogP contribution in [0.5, 0.6) is 17.4 Å². The Balaban J connectivity index is 1.38. The quantitative estimate of drug-likeness (QED) is 0.347. The number of nitrogens with zero attached hydrogens (tertiary/aromatic N) is 1. The number of rotatable bonds is 9. The molecule has 0 saturated heterocycles. The fourth-order valence-electron chi connectivity index (χ4n) is 3.37. The predicted molar refractivity (Wildman–Crippen MR) is 128 cm³/mol. The third kappa shape index (κ3) is 5.20. The Kier molecular flexibility index (Phi) is 6.92. The zero-order valence-corrected chi connectivity index (χ0v) is 19.5. The van der Waals surface area contributed by atoms with Crippen LogP contribution in [0.15, 0.2) is 53.3 Å². The van der Waals surface area contributed by atoms with Crippen LogP contribution in [0.2, 0.25) is 0 Å². The van der Waals surface area contributed by atoms with Gasteiger partial charge in [-0.25, -0.2) is 4.98 Å². The summed E-state index contributed by atoms with van der Waals surface area (Å²) in [6.07, 6.45) is 2.25. The minimum absolute atomic E-state index is 0.0194. The summed E-state index contributed by atoms with van der Waals surface area (Å²) < 4.78 is 11.6. The van der Waals surface area contributed by atoms with Gasteiger partial charge in [-0.2, -0.15) is 0 Å². The van der Waals surface area contributed by atoms with Crippen LogP contribution in [0.25, 0.3) is 10.6 Å². The van der Waals surface area contributed by atoms with E-state index in [2.05, 4.69) is 24.0 Å². The molecule has 0 fully saturated rings. The van der Waals surface area contributed by atoms with E-state index < -0.39 is 0 Å². The molecule has 0 bridgehead atoms. The molecule has 2 heterocycles. The Labute approximate surface area is 194 Å². The van der Waals surface area contributed by atoms with E-state index in [0.717, 1.165) is 50.9 Å². The van der Waals surface area contributed by atoms with E-state index in [-0.39, 0.29) is 10.8 Å². The number of thiazole rings is 2. The van der Waals surface area contributed by atoms with Gasteiger partial charge in [0.1, 0.15) is 11.6 Å². The summed E-state index contributed by atoms with van der Waals surface area (Å²) in [5.41, 5.74) is 3.13. The molecule has 0 aliphatic carbocycles. The second kappa shape index (κ2) is 10.0. The minimum atomic E-state index is -0.230. The Morgan fingerprint density at radius 3 is 2.59 bits per heavy atom. The van der Waals surface area contributed by atoms with E-state index in [1.165, 1.54) is 0 Å². The van der Waals surface area contributed by atoms with Crippen molar-refractivity contribution in [3.8, 4) is 28.0 Å². The number of aromatic nitrogens is 2. The molecule has 4 aromatic rings. The Morgan fingerprint density at radius 2 is 1.88 bits per heavy atom. The molecule has 0 saturated carbocycles. The van der Waals surface area contributed by atoms with Gasteiger partial charge in [-0.3, -0.25) is 9.78 Å². The minimum Gasteiger partial charge on any atom is -0.494 e. The lowest BCUT2D eigenvalue weighted by molar-refractivity contribution is 0.280. The maximum atomic E-state index is 11.3. The zero-order valence-electron chi connectivity index (χ0n) is 17.9. The van der Waals surface area contributed by atoms with Crippen molar-refractivity contribution in [3.63, 3.8) is 0 Å². The lowest BCUT2D eigenvalue weighted by atomic mass is 10.1. The van der Waals surface area contributed by atoms with Crippen molar-refractivity contribution in [1.82, 2.24) is 9.97 Å². The molecule has 2 N–H and O–H groups in total. The Morgan fingerprint density at radius 1 is 1.06 bits per heavy atom. The molecule has 6 nitrogen and oxygen atoms in total. The molecule has 0 unspecified atom stereocenters. The average Bonchev–Trinajstić information content (AvgIpc) is 3.33. The van der Waals surface area contributed by atoms with Crippen molar-refractivity contribution < 1.29 is 14.6 Å². The number of hydrogen-bond donors (Lipinski definition) is 2. The molecule has 2 aromatic carbocycles. The largest absolute Gasteiger partial charge is 0.494 e. The number of aromatic hydroxyl groups is 1. The van der Waals surface area contributed by atoms with Crippen LogP contribution in [-0.4, -0.2) is 22.2 Å². The fraction of sp³-hybridized carbons (Fsp3) is 0.250. The topological polar surface area (TPSA) is 84.4 Å². The average molecular weight is 469 g/mol. The SMILES string of the molecule is COc1cc(CCCc2sc(=O)[nH]c2O)ccc1OCc1nc(-c2ccccc2)sc1C. The number of nitrogens with one attached hydrogen (secondary N) is 1. The molecular weight excluding hydrogens is 444 g/mol. The normalized spacial score (nSPS) is 10.9. The summed E-state index contributed by atoms with van der Waals surface area (Å²) >= 11 is 2.72. The molecule has 0 aliphatic rings. The summed E-state index contributed by atoms with van der Waals surface area (Å²) in [5.74, 6) is 1.33. The number of H-pyrrole nitrogens is 1. The third-order valence-corrected chi connectivity index (χ3v) is 7.07. The standard InChI is InChI=1S/C24H24N2O4S2/c1-15-18(25-23(31-15)17-8-4-3-5-9-17)14-30-19-12-11-16(13-20(19)29-2)7-6-10-21-22(27)26-24(28)32-21/h3-5,8-9,11-13,27H,6-7,10,14H2,1-2H3,(H,26,28). The van der Waals surface area contributed by atoms with Crippen molar-refractivity contribution in [2.75, 3.05) is 7.11 Å². The van der Waals surface area contributed by atoms with Gasteiger partial charge < -0.3 is 14.6 Å². The number of benzene rings is 2. The fourth-order valence-corrected chi connectivity index (χ4v) is 5.06. The molecular formula is C24H24N2O4S2. The molecule has 32 heavy (non-hydrogen) atoms. The third-order valence-electron chi connectivity index (χ3n) is 5.08. The zero-order chi connectivity index (χ0) is 22.5. The van der Waals surface area contributed by atoms with Crippen LogP contribution >= 0.6 is 22.7 Å². The van der Waals surface area contributed by atoms with Gasteiger partial charge in [0.25, 0.3) is 0 Å². The summed E-state index contributed by atoms with van der Waals surface area (Å²) in [4.78, 5) is 20.0. The van der Waals surface area contributed by atoms with Crippen LogP contribution in [-0.2, 0) is 19.4 Å². The van der Waals surface area contributed by atoms with E-state index in [4.69, 9.17) is 14.5 Å². The highest BCUT2D eigenvalue weighted by atomic mass is 32.1. The van der Waals surface area contributed by atoms with Gasteiger partial charge in [0.15, 0.2) is 11.5 Å². The highest BCUT2D eigenvalue weighted by Crippen LogP contribution is 2.32. The van der Waals surface area contributed by atoms with Gasteiger partial charge in [-0.05, 0) is 43.9 Å². The predicted octanol–water partition coefficient (Wildman–Crippen LogP) is 5.34. The van der Waals surface area contributed by atoms with Crippen molar-refractivity contribution >= 4 is 22.7 Å². The molecule has 0 atom stereocenters. The van der Waals surface area contributed by atoms with E-state index in [9.17, 15) is 9.90 Å². The maximum absolute atomic E-state index is 11.3. The number of hydrogen-bond acceptors (Lipinski definition) is 7. The molecule has 2 aromatic heterocycles. The van der Waals surface area contributed by atoms with Gasteiger partial charge in [0.05, 0.1) is 17.7 Å². The number of methoxy groups -OCH3 is 1. The van der Waals surface area contributed by atoms with Crippen molar-refractivity contribution in [1.29, 1.82) is 0 Å². The van der Waals surface area contributed by atoms with Gasteiger partial charge >= 0.3 is 4.87 Å². The summed E-state index contributed by atoms with van der Waals surface area (Å²) in [6.45, 7) is 2.43. The van der Waals surface area contributed by atoms with Crippen LogP contribution in [0.4, 0.5) is 0 Å². The smallest absolute Gasteiger partial charge is 0.307 e. The van der Waals surface area contributed by atoms with Crippen LogP contribution in [0.3, 0.4) is 0 Å². The van der Waals surface area contributed by atoms with Crippen molar-refractivity contribution in [2.45, 2.75) is 32.8 Å². The van der Waals surface area contributed by atoms with Gasteiger partial charge in [-0.1, -0.05) is 47.7 Å². The van der Waals surface area contributed by atoms with Crippen LogP contribution < -0.4 is 14.3 Å². The summed E-state index contributed by atoms with van der Waals surface area (Å²) in [5, 5.41) is 10.7. The van der Waals surface area contributed by atoms with Crippen LogP contribution in [0.1, 0.15) is 27.4 Å². The van der Waals surface area contributed by atoms with Gasteiger partial charge in [0, 0.05) is 10.4 Å².